The summed E-state index contributed by atoms with van der Waals surface area (Å²) >= 11 is 1.44. The van der Waals surface area contributed by atoms with E-state index in [4.69, 9.17) is 4.74 Å². The second-order valence-corrected chi connectivity index (χ2v) is 9.89. The lowest BCUT2D eigenvalue weighted by Gasteiger charge is -2.37. The molecule has 1 fully saturated rings. The predicted octanol–water partition coefficient (Wildman–Crippen LogP) is 5.83. The summed E-state index contributed by atoms with van der Waals surface area (Å²) in [6.45, 7) is 7.58. The van der Waals surface area contributed by atoms with Gasteiger partial charge in [0.1, 0.15) is 11.3 Å². The SMILES string of the molecule is CC(C)(C)OC(=O)N1CCN(c2cccc3c2cc(C(F)(F)F)n3Cc2cccs2)CC1. The molecule has 3 aromatic rings. The molecule has 0 N–H and O–H groups in total. The third-order valence-electron chi connectivity index (χ3n) is 5.38. The standard InChI is InChI=1S/C23H26F3N3O2S/c1-22(2,3)31-21(30)28-11-9-27(10-12-28)18-7-4-8-19-17(18)14-20(23(24,25)26)29(19)15-16-6-5-13-32-16/h4-8,13-14H,9-12,15H2,1-3H3. The molecule has 1 aromatic carbocycles. The quantitative estimate of drug-likeness (QED) is 0.489. The Labute approximate surface area is 189 Å². The number of carbonyl (C=O) groups excluding carboxylic acids is 1. The maximum absolute atomic E-state index is 13.9. The second-order valence-electron chi connectivity index (χ2n) is 8.86. The van der Waals surface area contributed by atoms with Gasteiger partial charge in [0.05, 0.1) is 12.1 Å². The third-order valence-corrected chi connectivity index (χ3v) is 6.24. The average Bonchev–Trinajstić information content (AvgIpc) is 3.35. The van der Waals surface area contributed by atoms with Crippen LogP contribution in [0.5, 0.6) is 0 Å². The first-order valence-corrected chi connectivity index (χ1v) is 11.4. The second kappa shape index (κ2) is 8.35. The summed E-state index contributed by atoms with van der Waals surface area (Å²) in [5.74, 6) is 0. The molecule has 0 radical (unpaired) electrons. The minimum atomic E-state index is -4.46. The molecule has 172 valence electrons. The van der Waals surface area contributed by atoms with Crippen LogP contribution in [0.25, 0.3) is 10.9 Å². The normalized spacial score (nSPS) is 15.4. The van der Waals surface area contributed by atoms with E-state index in [2.05, 4.69) is 0 Å². The highest BCUT2D eigenvalue weighted by molar-refractivity contribution is 7.09. The van der Waals surface area contributed by atoms with Crippen molar-refractivity contribution in [3.8, 4) is 0 Å². The molecule has 1 aliphatic rings. The van der Waals surface area contributed by atoms with Crippen LogP contribution in [0.1, 0.15) is 31.3 Å². The summed E-state index contributed by atoms with van der Waals surface area (Å²) in [7, 11) is 0. The highest BCUT2D eigenvalue weighted by Crippen LogP contribution is 2.38. The van der Waals surface area contributed by atoms with Crippen LogP contribution >= 0.6 is 11.3 Å². The fourth-order valence-electron chi connectivity index (χ4n) is 3.96. The smallest absolute Gasteiger partial charge is 0.431 e. The molecule has 0 atom stereocenters. The number of ether oxygens (including phenoxy) is 1. The van der Waals surface area contributed by atoms with Gasteiger partial charge in [0.15, 0.2) is 0 Å². The zero-order valence-electron chi connectivity index (χ0n) is 18.3. The molecule has 32 heavy (non-hydrogen) atoms. The Kier molecular flexibility index (Phi) is 5.87. The molecule has 4 rings (SSSR count). The predicted molar refractivity (Wildman–Crippen MR) is 120 cm³/mol. The van der Waals surface area contributed by atoms with Gasteiger partial charge in [-0.25, -0.2) is 4.79 Å². The Bertz CT molecular complexity index is 1090. The van der Waals surface area contributed by atoms with E-state index >= 15 is 0 Å². The third kappa shape index (κ3) is 4.72. The minimum absolute atomic E-state index is 0.173. The molecular weight excluding hydrogens is 439 g/mol. The van der Waals surface area contributed by atoms with Crippen LogP contribution in [0, 0.1) is 0 Å². The van der Waals surface area contributed by atoms with Crippen molar-refractivity contribution in [1.29, 1.82) is 0 Å². The molecule has 0 spiro atoms. The highest BCUT2D eigenvalue weighted by Gasteiger charge is 2.36. The number of rotatable bonds is 3. The van der Waals surface area contributed by atoms with Crippen molar-refractivity contribution in [2.45, 2.75) is 39.1 Å². The largest absolute Gasteiger partial charge is 0.444 e. The van der Waals surface area contributed by atoms with Crippen LogP contribution in [-0.2, 0) is 17.5 Å². The summed E-state index contributed by atoms with van der Waals surface area (Å²) in [6.07, 6.45) is -4.82. The number of amides is 1. The van der Waals surface area contributed by atoms with Gasteiger partial charge >= 0.3 is 12.3 Å². The van der Waals surface area contributed by atoms with Gasteiger partial charge in [0, 0.05) is 42.1 Å². The van der Waals surface area contributed by atoms with Gasteiger partial charge in [0.2, 0.25) is 0 Å². The first-order valence-electron chi connectivity index (χ1n) is 10.5. The molecule has 3 heterocycles. The first kappa shape index (κ1) is 22.5. The van der Waals surface area contributed by atoms with Gasteiger partial charge in [-0.15, -0.1) is 11.3 Å². The van der Waals surface area contributed by atoms with E-state index < -0.39 is 17.5 Å². The van der Waals surface area contributed by atoms with Gasteiger partial charge in [-0.3, -0.25) is 0 Å². The minimum Gasteiger partial charge on any atom is -0.444 e. The number of carbonyl (C=O) groups is 1. The van der Waals surface area contributed by atoms with E-state index in [1.165, 1.54) is 22.0 Å². The molecule has 1 amide bonds. The first-order chi connectivity index (χ1) is 15.0. The Morgan fingerprint density at radius 2 is 1.78 bits per heavy atom. The molecule has 5 nitrogen and oxygen atoms in total. The van der Waals surface area contributed by atoms with Crippen LogP contribution in [0.3, 0.4) is 0 Å². The number of benzene rings is 1. The fraction of sp³-hybridized carbons (Fsp3) is 0.435. The summed E-state index contributed by atoms with van der Waals surface area (Å²) in [5, 5.41) is 2.44. The van der Waals surface area contributed by atoms with Crippen molar-refractivity contribution in [1.82, 2.24) is 9.47 Å². The number of thiophene rings is 1. The lowest BCUT2D eigenvalue weighted by molar-refractivity contribution is -0.143. The number of anilines is 1. The monoisotopic (exact) mass is 465 g/mol. The summed E-state index contributed by atoms with van der Waals surface area (Å²) < 4.78 is 48.4. The number of piperazine rings is 1. The maximum atomic E-state index is 13.9. The van der Waals surface area contributed by atoms with Crippen LogP contribution in [0.4, 0.5) is 23.7 Å². The molecule has 0 bridgehead atoms. The lowest BCUT2D eigenvalue weighted by Crippen LogP contribution is -2.50. The van der Waals surface area contributed by atoms with Gasteiger partial charge in [0.25, 0.3) is 0 Å². The number of hydrogen-bond acceptors (Lipinski definition) is 4. The van der Waals surface area contributed by atoms with Crippen LogP contribution < -0.4 is 4.90 Å². The van der Waals surface area contributed by atoms with E-state index in [9.17, 15) is 18.0 Å². The van der Waals surface area contributed by atoms with E-state index in [-0.39, 0.29) is 12.6 Å². The van der Waals surface area contributed by atoms with E-state index in [0.29, 0.717) is 37.1 Å². The average molecular weight is 466 g/mol. The topological polar surface area (TPSA) is 37.7 Å². The summed E-state index contributed by atoms with van der Waals surface area (Å²) in [5.41, 5.74) is 0.0829. The number of aromatic nitrogens is 1. The van der Waals surface area contributed by atoms with Gasteiger partial charge < -0.3 is 19.1 Å². The van der Waals surface area contributed by atoms with Crippen molar-refractivity contribution < 1.29 is 22.7 Å². The van der Waals surface area contributed by atoms with Gasteiger partial charge in [-0.05, 0) is 50.4 Å². The summed E-state index contributed by atoms with van der Waals surface area (Å²) in [6, 6.07) is 10.3. The van der Waals surface area contributed by atoms with Crippen molar-refractivity contribution in [3.05, 3.63) is 52.3 Å². The molecule has 1 saturated heterocycles. The van der Waals surface area contributed by atoms with Gasteiger partial charge in [-0.1, -0.05) is 12.1 Å². The number of halogens is 3. The number of fused-ring (bicyclic) bond motifs is 1. The van der Waals surface area contributed by atoms with Crippen LogP contribution in [0.15, 0.2) is 41.8 Å². The molecule has 2 aromatic heterocycles. The maximum Gasteiger partial charge on any atom is 0.431 e. The van der Waals surface area contributed by atoms with Gasteiger partial charge in [-0.2, -0.15) is 13.2 Å². The van der Waals surface area contributed by atoms with Crippen molar-refractivity contribution in [3.63, 3.8) is 0 Å². The molecular formula is C23H26F3N3O2S. The number of alkyl halides is 3. The molecule has 9 heteroatoms. The highest BCUT2D eigenvalue weighted by atomic mass is 32.1. The molecule has 0 saturated carbocycles. The van der Waals surface area contributed by atoms with Crippen LogP contribution in [-0.4, -0.2) is 47.3 Å². The summed E-state index contributed by atoms with van der Waals surface area (Å²) in [4.78, 5) is 16.9. The van der Waals surface area contributed by atoms with Crippen LogP contribution in [0.2, 0.25) is 0 Å². The molecule has 0 aliphatic carbocycles. The van der Waals surface area contributed by atoms with Crippen molar-refractivity contribution in [2.24, 2.45) is 0 Å². The number of nitrogens with zero attached hydrogens (tertiary/aromatic N) is 3. The van der Waals surface area contributed by atoms with E-state index in [1.54, 1.807) is 17.0 Å². The lowest BCUT2D eigenvalue weighted by atomic mass is 10.1. The van der Waals surface area contributed by atoms with Crippen molar-refractivity contribution >= 4 is 34.0 Å². The number of hydrogen-bond donors (Lipinski definition) is 0. The fourth-order valence-corrected chi connectivity index (χ4v) is 4.66. The van der Waals surface area contributed by atoms with E-state index in [0.717, 1.165) is 10.6 Å². The molecule has 0 unspecified atom stereocenters. The zero-order chi connectivity index (χ0) is 23.1. The Balaban J connectivity index is 1.62. The Morgan fingerprint density at radius 1 is 1.06 bits per heavy atom. The Hall–Kier alpha value is -2.68. The Morgan fingerprint density at radius 3 is 2.38 bits per heavy atom. The zero-order valence-corrected chi connectivity index (χ0v) is 19.1. The molecule has 1 aliphatic heterocycles. The van der Waals surface area contributed by atoms with E-state index in [1.807, 2.05) is 49.3 Å². The van der Waals surface area contributed by atoms with Crippen molar-refractivity contribution in [2.75, 3.05) is 31.1 Å².